The fourth-order valence-corrected chi connectivity index (χ4v) is 1.59. The third kappa shape index (κ3) is 1.99. The van der Waals surface area contributed by atoms with Crippen molar-refractivity contribution in [2.75, 3.05) is 0 Å². The summed E-state index contributed by atoms with van der Waals surface area (Å²) >= 11 is 5.31. The normalized spacial score (nSPS) is 10.4. The summed E-state index contributed by atoms with van der Waals surface area (Å²) in [6, 6.07) is 7.55. The zero-order chi connectivity index (χ0) is 11.7. The first-order valence-corrected chi connectivity index (χ1v) is 5.20. The van der Waals surface area contributed by atoms with E-state index in [1.807, 2.05) is 32.0 Å². The van der Waals surface area contributed by atoms with Crippen molar-refractivity contribution in [3.05, 3.63) is 41.1 Å². The van der Waals surface area contributed by atoms with Crippen molar-refractivity contribution in [1.82, 2.24) is 5.16 Å². The quantitative estimate of drug-likeness (QED) is 0.750. The summed E-state index contributed by atoms with van der Waals surface area (Å²) in [5, 5.41) is 3.00. The van der Waals surface area contributed by atoms with Crippen LogP contribution in [0.15, 0.2) is 28.8 Å². The highest BCUT2D eigenvalue weighted by Gasteiger charge is 2.12. The van der Waals surface area contributed by atoms with Gasteiger partial charge in [-0.3, -0.25) is 4.79 Å². The molecule has 0 fully saturated rings. The number of nitrogens with zero attached hydrogens (tertiary/aromatic N) is 1. The summed E-state index contributed by atoms with van der Waals surface area (Å²) in [6.07, 6.45) is 0. The number of hydrogen-bond donors (Lipinski definition) is 0. The Morgan fingerprint density at radius 3 is 2.69 bits per heavy atom. The molecular weight excluding hydrogens is 226 g/mol. The molecule has 16 heavy (non-hydrogen) atoms. The minimum Gasteiger partial charge on any atom is -0.356 e. The van der Waals surface area contributed by atoms with Gasteiger partial charge in [0.05, 0.1) is 0 Å². The first-order chi connectivity index (χ1) is 7.58. The van der Waals surface area contributed by atoms with Gasteiger partial charge in [-0.1, -0.05) is 22.9 Å². The van der Waals surface area contributed by atoms with E-state index in [1.165, 1.54) is 0 Å². The summed E-state index contributed by atoms with van der Waals surface area (Å²) < 4.78 is 5.09. The van der Waals surface area contributed by atoms with Crippen LogP contribution in [0.2, 0.25) is 0 Å². The number of hydrogen-bond acceptors (Lipinski definition) is 3. The standard InChI is InChI=1S/C12H10ClNO2/c1-7-3-4-8(2)9(5-7)11-6-10(12(13)15)14-16-11/h3-6H,1-2H3. The average molecular weight is 236 g/mol. The number of carbonyl (C=O) groups excluding carboxylic acids is 1. The van der Waals surface area contributed by atoms with Gasteiger partial charge < -0.3 is 4.52 Å². The Hall–Kier alpha value is -1.61. The molecule has 1 heterocycles. The van der Waals surface area contributed by atoms with E-state index in [4.69, 9.17) is 16.1 Å². The molecule has 0 unspecified atom stereocenters. The number of aryl methyl sites for hydroxylation is 2. The van der Waals surface area contributed by atoms with Crippen molar-refractivity contribution in [1.29, 1.82) is 0 Å². The third-order valence-electron chi connectivity index (χ3n) is 2.37. The Morgan fingerprint density at radius 1 is 1.31 bits per heavy atom. The predicted molar refractivity (Wildman–Crippen MR) is 61.6 cm³/mol. The number of halogens is 1. The molecule has 0 aliphatic carbocycles. The summed E-state index contributed by atoms with van der Waals surface area (Å²) in [4.78, 5) is 10.9. The molecule has 82 valence electrons. The van der Waals surface area contributed by atoms with Gasteiger partial charge in [0.25, 0.3) is 5.24 Å². The number of aromatic nitrogens is 1. The van der Waals surface area contributed by atoms with Crippen LogP contribution in [0.4, 0.5) is 0 Å². The van der Waals surface area contributed by atoms with Crippen molar-refractivity contribution in [3.8, 4) is 11.3 Å². The summed E-state index contributed by atoms with van der Waals surface area (Å²) in [5.74, 6) is 0.560. The van der Waals surface area contributed by atoms with Crippen molar-refractivity contribution in [2.24, 2.45) is 0 Å². The van der Waals surface area contributed by atoms with E-state index < -0.39 is 5.24 Å². The first-order valence-electron chi connectivity index (χ1n) is 4.82. The highest BCUT2D eigenvalue weighted by Crippen LogP contribution is 2.25. The van der Waals surface area contributed by atoms with Crippen LogP contribution in [0.5, 0.6) is 0 Å². The van der Waals surface area contributed by atoms with Gasteiger partial charge in [-0.15, -0.1) is 0 Å². The summed E-state index contributed by atoms with van der Waals surface area (Å²) in [7, 11) is 0. The van der Waals surface area contributed by atoms with E-state index in [9.17, 15) is 4.79 Å². The van der Waals surface area contributed by atoms with Gasteiger partial charge in [0.1, 0.15) is 0 Å². The molecule has 0 aliphatic rings. The zero-order valence-electron chi connectivity index (χ0n) is 8.95. The molecule has 0 radical (unpaired) electrons. The fourth-order valence-electron chi connectivity index (χ4n) is 1.50. The van der Waals surface area contributed by atoms with Gasteiger partial charge in [0, 0.05) is 11.6 Å². The van der Waals surface area contributed by atoms with Crippen LogP contribution in [0.3, 0.4) is 0 Å². The minimum atomic E-state index is -0.611. The molecule has 0 saturated carbocycles. The summed E-state index contributed by atoms with van der Waals surface area (Å²) in [5.41, 5.74) is 3.25. The van der Waals surface area contributed by atoms with Crippen LogP contribution in [-0.4, -0.2) is 10.4 Å². The van der Waals surface area contributed by atoms with Crippen molar-refractivity contribution in [2.45, 2.75) is 13.8 Å². The molecule has 0 N–H and O–H groups in total. The maximum Gasteiger partial charge on any atom is 0.274 e. The van der Waals surface area contributed by atoms with Gasteiger partial charge in [-0.2, -0.15) is 0 Å². The SMILES string of the molecule is Cc1ccc(C)c(-c2cc(C(=O)Cl)no2)c1. The lowest BCUT2D eigenvalue weighted by Gasteiger charge is -2.02. The molecule has 2 rings (SSSR count). The Bertz CT molecular complexity index is 546. The number of benzene rings is 1. The molecule has 1 aromatic heterocycles. The molecule has 4 heteroatoms. The van der Waals surface area contributed by atoms with E-state index in [-0.39, 0.29) is 5.69 Å². The smallest absolute Gasteiger partial charge is 0.274 e. The lowest BCUT2D eigenvalue weighted by atomic mass is 10.0. The van der Waals surface area contributed by atoms with E-state index in [2.05, 4.69) is 5.16 Å². The highest BCUT2D eigenvalue weighted by atomic mass is 35.5. The highest BCUT2D eigenvalue weighted by molar-refractivity contribution is 6.67. The molecule has 0 amide bonds. The number of carbonyl (C=O) groups is 1. The Kier molecular flexibility index (Phi) is 2.79. The van der Waals surface area contributed by atoms with Gasteiger partial charge in [-0.05, 0) is 37.1 Å². The van der Waals surface area contributed by atoms with Gasteiger partial charge in [-0.25, -0.2) is 0 Å². The fraction of sp³-hybridized carbons (Fsp3) is 0.167. The molecule has 0 saturated heterocycles. The monoisotopic (exact) mass is 235 g/mol. The van der Waals surface area contributed by atoms with Crippen molar-refractivity contribution in [3.63, 3.8) is 0 Å². The van der Waals surface area contributed by atoms with Crippen LogP contribution in [0.1, 0.15) is 21.6 Å². The largest absolute Gasteiger partial charge is 0.356 e. The lowest BCUT2D eigenvalue weighted by Crippen LogP contribution is -1.86. The maximum atomic E-state index is 10.9. The van der Waals surface area contributed by atoms with Crippen molar-refractivity contribution >= 4 is 16.8 Å². The lowest BCUT2D eigenvalue weighted by molar-refractivity contribution is 0.107. The van der Waals surface area contributed by atoms with Crippen LogP contribution in [0.25, 0.3) is 11.3 Å². The van der Waals surface area contributed by atoms with E-state index >= 15 is 0 Å². The second kappa shape index (κ2) is 4.10. The second-order valence-electron chi connectivity index (χ2n) is 3.67. The molecule has 0 aliphatic heterocycles. The molecule has 1 aromatic carbocycles. The molecule has 0 bridgehead atoms. The maximum absolute atomic E-state index is 10.9. The second-order valence-corrected chi connectivity index (χ2v) is 4.01. The first kappa shape index (κ1) is 10.9. The van der Waals surface area contributed by atoms with E-state index in [1.54, 1.807) is 6.07 Å². The van der Waals surface area contributed by atoms with E-state index in [0.29, 0.717) is 5.76 Å². The molecule has 3 nitrogen and oxygen atoms in total. The topological polar surface area (TPSA) is 43.1 Å². The van der Waals surface area contributed by atoms with Crippen LogP contribution >= 0.6 is 11.6 Å². The van der Waals surface area contributed by atoms with Gasteiger partial charge >= 0.3 is 0 Å². The van der Waals surface area contributed by atoms with Crippen molar-refractivity contribution < 1.29 is 9.32 Å². The molecule has 0 spiro atoms. The Morgan fingerprint density at radius 2 is 2.06 bits per heavy atom. The van der Waals surface area contributed by atoms with Crippen LogP contribution in [-0.2, 0) is 0 Å². The zero-order valence-corrected chi connectivity index (χ0v) is 9.71. The van der Waals surface area contributed by atoms with Crippen LogP contribution in [0, 0.1) is 13.8 Å². The molecule has 2 aromatic rings. The van der Waals surface area contributed by atoms with Gasteiger partial charge in [0.2, 0.25) is 0 Å². The summed E-state index contributed by atoms with van der Waals surface area (Å²) in [6.45, 7) is 3.96. The Labute approximate surface area is 98.0 Å². The number of rotatable bonds is 2. The average Bonchev–Trinajstić information content (AvgIpc) is 2.70. The van der Waals surface area contributed by atoms with E-state index in [0.717, 1.165) is 16.7 Å². The third-order valence-corrected chi connectivity index (χ3v) is 2.56. The predicted octanol–water partition coefficient (Wildman–Crippen LogP) is 3.34. The van der Waals surface area contributed by atoms with Crippen LogP contribution < -0.4 is 0 Å². The molecular formula is C12H10ClNO2. The molecule has 0 atom stereocenters. The Balaban J connectivity index is 2.50. The minimum absolute atomic E-state index is 0.137. The van der Waals surface area contributed by atoms with Gasteiger partial charge in [0.15, 0.2) is 11.5 Å².